The first kappa shape index (κ1) is 13.8. The lowest BCUT2D eigenvalue weighted by atomic mass is 9.85. The Morgan fingerprint density at radius 3 is 2.67 bits per heavy atom. The summed E-state index contributed by atoms with van der Waals surface area (Å²) in [7, 11) is 0. The van der Waals surface area contributed by atoms with Crippen molar-refractivity contribution in [2.24, 2.45) is 0 Å². The van der Waals surface area contributed by atoms with Gasteiger partial charge in [-0.1, -0.05) is 12.1 Å². The minimum absolute atomic E-state index is 0.0561. The number of allylic oxidation sites excluding steroid dienone is 2. The highest BCUT2D eigenvalue weighted by Crippen LogP contribution is 2.43. The van der Waals surface area contributed by atoms with Gasteiger partial charge in [0, 0.05) is 37.7 Å². The molecule has 0 amide bonds. The molecule has 0 saturated carbocycles. The average Bonchev–Trinajstić information content (AvgIpc) is 2.80. The molecular formula is C16H15FO4. The topological polar surface area (TPSA) is 52.6 Å². The maximum absolute atomic E-state index is 13.1. The first-order valence-corrected chi connectivity index (χ1v) is 6.90. The van der Waals surface area contributed by atoms with Gasteiger partial charge in [0.1, 0.15) is 11.6 Å². The number of halogens is 1. The van der Waals surface area contributed by atoms with Crippen LogP contribution in [0.4, 0.5) is 4.39 Å². The first-order chi connectivity index (χ1) is 10.0. The van der Waals surface area contributed by atoms with E-state index in [9.17, 15) is 14.0 Å². The Labute approximate surface area is 121 Å². The van der Waals surface area contributed by atoms with Gasteiger partial charge >= 0.3 is 5.97 Å². The molecule has 0 aromatic heterocycles. The fourth-order valence-corrected chi connectivity index (χ4v) is 2.94. The van der Waals surface area contributed by atoms with E-state index in [2.05, 4.69) is 0 Å². The van der Waals surface area contributed by atoms with Crippen LogP contribution >= 0.6 is 0 Å². The van der Waals surface area contributed by atoms with Crippen LogP contribution in [0.2, 0.25) is 0 Å². The van der Waals surface area contributed by atoms with E-state index >= 15 is 0 Å². The average molecular weight is 290 g/mol. The van der Waals surface area contributed by atoms with E-state index in [-0.39, 0.29) is 17.5 Å². The molecule has 3 rings (SSSR count). The summed E-state index contributed by atoms with van der Waals surface area (Å²) in [5.41, 5.74) is 1.48. The molecular weight excluding hydrogens is 275 g/mol. The monoisotopic (exact) mass is 290 g/mol. The maximum atomic E-state index is 13.1. The van der Waals surface area contributed by atoms with E-state index < -0.39 is 12.3 Å². The van der Waals surface area contributed by atoms with Crippen LogP contribution in [0, 0.1) is 5.82 Å². The molecule has 110 valence electrons. The number of Topliss-reactive ketones (excluding diaryl/α,β-unsaturated/α-hetero) is 1. The molecule has 21 heavy (non-hydrogen) atoms. The Morgan fingerprint density at radius 2 is 2.00 bits per heavy atom. The molecule has 0 bridgehead atoms. The van der Waals surface area contributed by atoms with Gasteiger partial charge in [-0.3, -0.25) is 9.59 Å². The van der Waals surface area contributed by atoms with Crippen LogP contribution in [0.25, 0.3) is 0 Å². The summed E-state index contributed by atoms with van der Waals surface area (Å²) in [4.78, 5) is 23.2. The standard InChI is InChI=1S/C16H15FO4/c1-9(18)20-15-8-12(10-2-4-11(17)5-3-10)16-13(19)6-7-14(16)21-15/h2-5,12,15H,6-8H2,1H3/t12-,15-/m0/s1. The van der Waals surface area contributed by atoms with Crippen molar-refractivity contribution in [1.82, 2.24) is 0 Å². The third kappa shape index (κ3) is 2.68. The molecule has 0 unspecified atom stereocenters. The summed E-state index contributed by atoms with van der Waals surface area (Å²) in [6.07, 6.45) is 0.622. The number of ketones is 1. The number of ether oxygens (including phenoxy) is 2. The summed E-state index contributed by atoms with van der Waals surface area (Å²) in [5.74, 6) is -0.304. The number of esters is 1. The fourth-order valence-electron chi connectivity index (χ4n) is 2.94. The van der Waals surface area contributed by atoms with E-state index in [1.807, 2.05) is 0 Å². The number of rotatable bonds is 2. The van der Waals surface area contributed by atoms with Crippen molar-refractivity contribution >= 4 is 11.8 Å². The number of carbonyl (C=O) groups excluding carboxylic acids is 2. The molecule has 1 aromatic carbocycles. The van der Waals surface area contributed by atoms with Gasteiger partial charge in [0.05, 0.1) is 0 Å². The zero-order valence-corrected chi connectivity index (χ0v) is 11.6. The van der Waals surface area contributed by atoms with Crippen LogP contribution in [-0.4, -0.2) is 18.0 Å². The van der Waals surface area contributed by atoms with Crippen molar-refractivity contribution < 1.29 is 23.5 Å². The van der Waals surface area contributed by atoms with E-state index in [4.69, 9.17) is 9.47 Å². The first-order valence-electron chi connectivity index (χ1n) is 6.90. The Kier molecular flexibility index (Phi) is 3.49. The number of benzene rings is 1. The number of hydrogen-bond donors (Lipinski definition) is 0. The van der Waals surface area contributed by atoms with Gasteiger partial charge in [-0.05, 0) is 17.7 Å². The predicted octanol–water partition coefficient (Wildman–Crippen LogP) is 2.84. The van der Waals surface area contributed by atoms with Crippen LogP contribution in [-0.2, 0) is 19.1 Å². The summed E-state index contributed by atoms with van der Waals surface area (Å²) >= 11 is 0. The zero-order chi connectivity index (χ0) is 15.0. The normalized spacial score (nSPS) is 24.6. The Morgan fingerprint density at radius 1 is 1.29 bits per heavy atom. The Balaban J connectivity index is 1.95. The zero-order valence-electron chi connectivity index (χ0n) is 11.6. The largest absolute Gasteiger partial charge is 0.459 e. The van der Waals surface area contributed by atoms with Gasteiger partial charge < -0.3 is 9.47 Å². The highest BCUT2D eigenvalue weighted by Gasteiger charge is 2.39. The molecule has 0 radical (unpaired) electrons. The summed E-state index contributed by atoms with van der Waals surface area (Å²) in [6, 6.07) is 6.05. The molecule has 0 fully saturated rings. The second-order valence-corrected chi connectivity index (χ2v) is 5.26. The smallest absolute Gasteiger partial charge is 0.305 e. The van der Waals surface area contributed by atoms with Crippen molar-refractivity contribution in [2.75, 3.05) is 0 Å². The fraction of sp³-hybridized carbons (Fsp3) is 0.375. The molecule has 2 atom stereocenters. The lowest BCUT2D eigenvalue weighted by Gasteiger charge is -2.30. The minimum atomic E-state index is -0.692. The quantitative estimate of drug-likeness (QED) is 0.786. The van der Waals surface area contributed by atoms with Gasteiger partial charge in [0.2, 0.25) is 6.29 Å². The highest BCUT2D eigenvalue weighted by molar-refractivity contribution is 5.99. The third-order valence-corrected chi connectivity index (χ3v) is 3.80. The van der Waals surface area contributed by atoms with Crippen molar-refractivity contribution in [2.45, 2.75) is 38.4 Å². The summed E-state index contributed by atoms with van der Waals surface area (Å²) in [6.45, 7) is 1.32. The number of carbonyl (C=O) groups is 2. The number of hydrogen-bond acceptors (Lipinski definition) is 4. The SMILES string of the molecule is CC(=O)O[C@@H]1C[C@@H](c2ccc(F)cc2)C2=C(CCC2=O)O1. The minimum Gasteiger partial charge on any atom is -0.459 e. The predicted molar refractivity (Wildman–Crippen MR) is 71.7 cm³/mol. The van der Waals surface area contributed by atoms with Crippen LogP contribution in [0.3, 0.4) is 0 Å². The lowest BCUT2D eigenvalue weighted by molar-refractivity contribution is -0.172. The molecule has 0 N–H and O–H groups in total. The molecule has 1 aliphatic heterocycles. The lowest BCUT2D eigenvalue weighted by Crippen LogP contribution is -2.28. The van der Waals surface area contributed by atoms with Gasteiger partial charge in [0.15, 0.2) is 5.78 Å². The summed E-state index contributed by atoms with van der Waals surface area (Å²) in [5, 5.41) is 0. The van der Waals surface area contributed by atoms with Gasteiger partial charge in [-0.25, -0.2) is 4.39 Å². The highest BCUT2D eigenvalue weighted by atomic mass is 19.1. The Hall–Kier alpha value is -2.17. The molecule has 4 nitrogen and oxygen atoms in total. The van der Waals surface area contributed by atoms with Crippen molar-refractivity contribution in [1.29, 1.82) is 0 Å². The van der Waals surface area contributed by atoms with Crippen LogP contribution in [0.1, 0.15) is 37.7 Å². The van der Waals surface area contributed by atoms with Crippen molar-refractivity contribution in [3.8, 4) is 0 Å². The van der Waals surface area contributed by atoms with E-state index in [1.165, 1.54) is 19.1 Å². The summed E-state index contributed by atoms with van der Waals surface area (Å²) < 4.78 is 23.8. The van der Waals surface area contributed by atoms with Gasteiger partial charge in [-0.15, -0.1) is 0 Å². The molecule has 1 aromatic rings. The van der Waals surface area contributed by atoms with Gasteiger partial charge in [-0.2, -0.15) is 0 Å². The third-order valence-electron chi connectivity index (χ3n) is 3.80. The second-order valence-electron chi connectivity index (χ2n) is 5.26. The molecule has 1 heterocycles. The second kappa shape index (κ2) is 5.31. The van der Waals surface area contributed by atoms with Crippen molar-refractivity contribution in [3.63, 3.8) is 0 Å². The van der Waals surface area contributed by atoms with Gasteiger partial charge in [0.25, 0.3) is 0 Å². The van der Waals surface area contributed by atoms with E-state index in [0.29, 0.717) is 30.6 Å². The van der Waals surface area contributed by atoms with E-state index in [1.54, 1.807) is 12.1 Å². The van der Waals surface area contributed by atoms with Crippen LogP contribution in [0.15, 0.2) is 35.6 Å². The maximum Gasteiger partial charge on any atom is 0.305 e. The van der Waals surface area contributed by atoms with Crippen molar-refractivity contribution in [3.05, 3.63) is 47.0 Å². The Bertz CT molecular complexity index is 618. The molecule has 1 aliphatic carbocycles. The van der Waals surface area contributed by atoms with Crippen LogP contribution < -0.4 is 0 Å². The molecule has 2 aliphatic rings. The van der Waals surface area contributed by atoms with E-state index in [0.717, 1.165) is 5.56 Å². The molecule has 0 saturated heterocycles. The molecule has 5 heteroatoms. The molecule has 0 spiro atoms. The van der Waals surface area contributed by atoms with Crippen LogP contribution in [0.5, 0.6) is 0 Å².